The lowest BCUT2D eigenvalue weighted by atomic mass is 9.87. The molecule has 1 N–H and O–H groups in total. The van der Waals surface area contributed by atoms with Crippen LogP contribution in [0.5, 0.6) is 5.75 Å². The first-order chi connectivity index (χ1) is 9.39. The van der Waals surface area contributed by atoms with E-state index in [1.54, 1.807) is 0 Å². The van der Waals surface area contributed by atoms with Gasteiger partial charge in [0.05, 0.1) is 6.61 Å². The van der Waals surface area contributed by atoms with E-state index < -0.39 is 0 Å². The van der Waals surface area contributed by atoms with Crippen molar-refractivity contribution < 1.29 is 4.74 Å². The molecular formula is C19H33NO. The Hall–Kier alpha value is -1.02. The summed E-state index contributed by atoms with van der Waals surface area (Å²) in [5, 5.41) is 3.55. The molecule has 0 unspecified atom stereocenters. The van der Waals surface area contributed by atoms with Crippen molar-refractivity contribution in [2.24, 2.45) is 5.41 Å². The van der Waals surface area contributed by atoms with Gasteiger partial charge in [0, 0.05) is 17.5 Å². The van der Waals surface area contributed by atoms with Gasteiger partial charge in [-0.05, 0) is 43.9 Å². The third kappa shape index (κ3) is 6.99. The lowest BCUT2D eigenvalue weighted by Crippen LogP contribution is -2.43. The highest BCUT2D eigenvalue weighted by Crippen LogP contribution is 2.26. The van der Waals surface area contributed by atoms with E-state index in [1.165, 1.54) is 5.56 Å². The van der Waals surface area contributed by atoms with Crippen LogP contribution in [0, 0.1) is 5.41 Å². The lowest BCUT2D eigenvalue weighted by Gasteiger charge is -2.30. The minimum atomic E-state index is 0.102. The minimum absolute atomic E-state index is 0.102. The fraction of sp³-hybridized carbons (Fsp3) is 0.684. The van der Waals surface area contributed by atoms with Crippen LogP contribution in [-0.4, -0.2) is 18.7 Å². The van der Waals surface area contributed by atoms with Gasteiger partial charge >= 0.3 is 0 Å². The average molecular weight is 291 g/mol. The zero-order valence-electron chi connectivity index (χ0n) is 15.1. The number of hydrogen-bond acceptors (Lipinski definition) is 2. The molecule has 1 rings (SSSR count). The van der Waals surface area contributed by atoms with Crippen LogP contribution in [-0.2, 0) is 5.41 Å². The second kappa shape index (κ2) is 6.39. The van der Waals surface area contributed by atoms with Gasteiger partial charge in [-0.2, -0.15) is 0 Å². The molecule has 0 saturated carbocycles. The molecule has 0 aliphatic carbocycles. The van der Waals surface area contributed by atoms with Crippen LogP contribution in [0.1, 0.15) is 61.0 Å². The molecule has 0 bridgehead atoms. The fourth-order valence-electron chi connectivity index (χ4n) is 1.89. The Kier molecular flexibility index (Phi) is 5.49. The van der Waals surface area contributed by atoms with Gasteiger partial charge in [-0.15, -0.1) is 0 Å². The van der Waals surface area contributed by atoms with Gasteiger partial charge in [0.15, 0.2) is 0 Å². The third-order valence-electron chi connectivity index (χ3n) is 3.43. The highest BCUT2D eigenvalue weighted by molar-refractivity contribution is 5.32. The summed E-state index contributed by atoms with van der Waals surface area (Å²) in [4.78, 5) is 0. The second-order valence-corrected chi connectivity index (χ2v) is 8.83. The summed E-state index contributed by atoms with van der Waals surface area (Å²) in [6.07, 6.45) is 0. The Morgan fingerprint density at radius 3 is 2.10 bits per heavy atom. The molecule has 0 amide bonds. The van der Waals surface area contributed by atoms with E-state index in [0.717, 1.165) is 12.3 Å². The van der Waals surface area contributed by atoms with E-state index in [0.29, 0.717) is 6.61 Å². The normalized spacial score (nSPS) is 13.3. The molecule has 1 aromatic rings. The molecule has 0 aliphatic rings. The quantitative estimate of drug-likeness (QED) is 0.843. The molecule has 0 aliphatic heterocycles. The minimum Gasteiger partial charge on any atom is -0.493 e. The zero-order valence-corrected chi connectivity index (χ0v) is 15.1. The maximum absolute atomic E-state index is 6.03. The molecule has 0 spiro atoms. The van der Waals surface area contributed by atoms with Crippen LogP contribution >= 0.6 is 0 Å². The van der Waals surface area contributed by atoms with Gasteiger partial charge in [0.1, 0.15) is 5.75 Å². The monoisotopic (exact) mass is 291 g/mol. The lowest BCUT2D eigenvalue weighted by molar-refractivity contribution is 0.165. The van der Waals surface area contributed by atoms with Crippen LogP contribution in [0.3, 0.4) is 0 Å². The SMILES string of the molecule is CC(C)(CNC(C)(C)C)COc1cccc(C(C)(C)C)c1. The third-order valence-corrected chi connectivity index (χ3v) is 3.43. The number of ether oxygens (including phenoxy) is 1. The van der Waals surface area contributed by atoms with Crippen molar-refractivity contribution in [3.63, 3.8) is 0 Å². The molecule has 0 heterocycles. The number of hydrogen-bond donors (Lipinski definition) is 1. The number of benzene rings is 1. The number of rotatable bonds is 5. The predicted octanol–water partition coefficient (Wildman–Crippen LogP) is 4.78. The van der Waals surface area contributed by atoms with Gasteiger partial charge in [-0.1, -0.05) is 46.8 Å². The molecular weight excluding hydrogens is 258 g/mol. The molecule has 0 aromatic heterocycles. The standard InChI is InChI=1S/C19H33NO/c1-17(2,3)15-10-9-11-16(12-15)21-14-19(7,8)13-20-18(4,5)6/h9-12,20H,13-14H2,1-8H3. The summed E-state index contributed by atoms with van der Waals surface area (Å²) < 4.78 is 6.03. The zero-order chi connectivity index (χ0) is 16.3. The molecule has 120 valence electrons. The summed E-state index contributed by atoms with van der Waals surface area (Å²) in [7, 11) is 0. The van der Waals surface area contributed by atoms with Crippen molar-refractivity contribution in [3.8, 4) is 5.75 Å². The molecule has 0 atom stereocenters. The van der Waals surface area contributed by atoms with Crippen LogP contribution < -0.4 is 10.1 Å². The van der Waals surface area contributed by atoms with E-state index >= 15 is 0 Å². The van der Waals surface area contributed by atoms with Crippen molar-refractivity contribution in [3.05, 3.63) is 29.8 Å². The van der Waals surface area contributed by atoms with E-state index in [4.69, 9.17) is 4.74 Å². The summed E-state index contributed by atoms with van der Waals surface area (Å²) in [5.41, 5.74) is 1.71. The predicted molar refractivity (Wildman–Crippen MR) is 92.2 cm³/mol. The highest BCUT2D eigenvalue weighted by atomic mass is 16.5. The van der Waals surface area contributed by atoms with Crippen molar-refractivity contribution in [1.29, 1.82) is 0 Å². The van der Waals surface area contributed by atoms with E-state index in [9.17, 15) is 0 Å². The van der Waals surface area contributed by atoms with Crippen LogP contribution in [0.4, 0.5) is 0 Å². The first kappa shape index (κ1) is 18.0. The van der Waals surface area contributed by atoms with Crippen LogP contribution in [0.2, 0.25) is 0 Å². The summed E-state index contributed by atoms with van der Waals surface area (Å²) >= 11 is 0. The van der Waals surface area contributed by atoms with Gasteiger partial charge in [-0.3, -0.25) is 0 Å². The van der Waals surface area contributed by atoms with E-state index in [-0.39, 0.29) is 16.4 Å². The largest absolute Gasteiger partial charge is 0.493 e. The molecule has 0 saturated heterocycles. The summed E-state index contributed by atoms with van der Waals surface area (Å²) in [6, 6.07) is 8.45. The topological polar surface area (TPSA) is 21.3 Å². The number of nitrogens with one attached hydrogen (secondary N) is 1. The second-order valence-electron chi connectivity index (χ2n) is 8.83. The maximum atomic E-state index is 6.03. The van der Waals surface area contributed by atoms with Crippen LogP contribution in [0.25, 0.3) is 0 Å². The smallest absolute Gasteiger partial charge is 0.119 e. The molecule has 2 nitrogen and oxygen atoms in total. The molecule has 2 heteroatoms. The van der Waals surface area contributed by atoms with E-state index in [2.05, 4.69) is 78.9 Å². The Bertz CT molecular complexity index is 449. The van der Waals surface area contributed by atoms with Crippen LogP contribution in [0.15, 0.2) is 24.3 Å². The van der Waals surface area contributed by atoms with Gasteiger partial charge in [0.2, 0.25) is 0 Å². The maximum Gasteiger partial charge on any atom is 0.119 e. The fourth-order valence-corrected chi connectivity index (χ4v) is 1.89. The summed E-state index contributed by atoms with van der Waals surface area (Å²) in [6.45, 7) is 19.4. The first-order valence-corrected chi connectivity index (χ1v) is 7.87. The Morgan fingerprint density at radius 2 is 1.57 bits per heavy atom. The average Bonchev–Trinajstić information content (AvgIpc) is 2.33. The summed E-state index contributed by atoms with van der Waals surface area (Å²) in [5.74, 6) is 0.964. The van der Waals surface area contributed by atoms with Crippen molar-refractivity contribution >= 4 is 0 Å². The molecule has 0 radical (unpaired) electrons. The van der Waals surface area contributed by atoms with Crippen molar-refractivity contribution in [1.82, 2.24) is 5.32 Å². The van der Waals surface area contributed by atoms with Crippen molar-refractivity contribution in [2.75, 3.05) is 13.2 Å². The Morgan fingerprint density at radius 1 is 0.952 bits per heavy atom. The molecule has 1 aromatic carbocycles. The Labute approximate surface area is 131 Å². The van der Waals surface area contributed by atoms with Gasteiger partial charge in [-0.25, -0.2) is 0 Å². The molecule has 0 fully saturated rings. The van der Waals surface area contributed by atoms with Gasteiger partial charge in [0.25, 0.3) is 0 Å². The molecule has 21 heavy (non-hydrogen) atoms. The Balaban J connectivity index is 2.62. The van der Waals surface area contributed by atoms with Crippen molar-refractivity contribution in [2.45, 2.75) is 66.3 Å². The van der Waals surface area contributed by atoms with E-state index in [1.807, 2.05) is 6.07 Å². The first-order valence-electron chi connectivity index (χ1n) is 7.87. The highest BCUT2D eigenvalue weighted by Gasteiger charge is 2.22. The van der Waals surface area contributed by atoms with Gasteiger partial charge < -0.3 is 10.1 Å².